The largest absolute Gasteiger partial charge is 0.399 e. The van der Waals surface area contributed by atoms with Crippen LogP contribution in [0.5, 0.6) is 0 Å². The number of benzene rings is 1. The van der Waals surface area contributed by atoms with Crippen LogP contribution in [0.3, 0.4) is 0 Å². The van der Waals surface area contributed by atoms with Crippen molar-refractivity contribution in [3.8, 4) is 0 Å². The van der Waals surface area contributed by atoms with E-state index in [1.54, 1.807) is 0 Å². The minimum atomic E-state index is 0. The van der Waals surface area contributed by atoms with Crippen molar-refractivity contribution in [2.24, 2.45) is 0 Å². The summed E-state index contributed by atoms with van der Waals surface area (Å²) in [6.45, 7) is 1.75. The van der Waals surface area contributed by atoms with Crippen LogP contribution in [0.15, 0.2) is 18.2 Å². The first-order valence-electron chi connectivity index (χ1n) is 3.69. The lowest BCUT2D eigenvalue weighted by Crippen LogP contribution is -2.27. The van der Waals surface area contributed by atoms with E-state index in [1.165, 1.54) is 11.3 Å². The zero-order valence-corrected chi connectivity index (χ0v) is 7.45. The van der Waals surface area contributed by atoms with Gasteiger partial charge in [0.25, 0.3) is 0 Å². The molecule has 1 heterocycles. The van der Waals surface area contributed by atoms with Gasteiger partial charge in [-0.3, -0.25) is 5.32 Å². The van der Waals surface area contributed by atoms with E-state index in [0.29, 0.717) is 0 Å². The van der Waals surface area contributed by atoms with Gasteiger partial charge in [-0.1, -0.05) is 0 Å². The monoisotopic (exact) mass is 185 g/mol. The fraction of sp³-hybridized carbons (Fsp3) is 0.250. The van der Waals surface area contributed by atoms with Gasteiger partial charge in [0, 0.05) is 17.9 Å². The molecule has 12 heavy (non-hydrogen) atoms. The van der Waals surface area contributed by atoms with Crippen LogP contribution in [0.25, 0.3) is 0 Å². The van der Waals surface area contributed by atoms with Crippen molar-refractivity contribution in [1.29, 1.82) is 0 Å². The Morgan fingerprint density at radius 1 is 1.33 bits per heavy atom. The SMILES string of the molecule is Cl.Nc1ccc2c(c1)CNCN2. The van der Waals surface area contributed by atoms with Crippen LogP contribution in [-0.4, -0.2) is 6.67 Å². The Hall–Kier alpha value is -0.930. The summed E-state index contributed by atoms with van der Waals surface area (Å²) < 4.78 is 0. The molecular weight excluding hydrogens is 174 g/mol. The molecule has 0 atom stereocenters. The fourth-order valence-electron chi connectivity index (χ4n) is 1.29. The van der Waals surface area contributed by atoms with Crippen molar-refractivity contribution >= 4 is 23.8 Å². The maximum atomic E-state index is 5.63. The number of nitrogens with two attached hydrogens (primary N) is 1. The number of rotatable bonds is 0. The van der Waals surface area contributed by atoms with E-state index in [4.69, 9.17) is 5.73 Å². The number of nitrogens with one attached hydrogen (secondary N) is 2. The molecule has 3 nitrogen and oxygen atoms in total. The number of anilines is 2. The standard InChI is InChI=1S/C8H11N3.ClH/c9-7-1-2-8-6(3-7)4-10-5-11-8;/h1-3,10-11H,4-5,9H2;1H. The molecule has 66 valence electrons. The van der Waals surface area contributed by atoms with E-state index in [9.17, 15) is 0 Å². The van der Waals surface area contributed by atoms with Crippen LogP contribution in [0.1, 0.15) is 5.56 Å². The van der Waals surface area contributed by atoms with Gasteiger partial charge in [-0.05, 0) is 23.8 Å². The summed E-state index contributed by atoms with van der Waals surface area (Å²) in [6, 6.07) is 5.93. The lowest BCUT2D eigenvalue weighted by atomic mass is 10.1. The molecule has 0 radical (unpaired) electrons. The number of fused-ring (bicyclic) bond motifs is 1. The van der Waals surface area contributed by atoms with Crippen LogP contribution in [-0.2, 0) is 6.54 Å². The number of halogens is 1. The first kappa shape index (κ1) is 9.16. The Morgan fingerprint density at radius 2 is 2.17 bits per heavy atom. The number of hydrogen-bond acceptors (Lipinski definition) is 3. The van der Waals surface area contributed by atoms with E-state index >= 15 is 0 Å². The van der Waals surface area contributed by atoms with Gasteiger partial charge < -0.3 is 11.1 Å². The first-order valence-corrected chi connectivity index (χ1v) is 3.69. The van der Waals surface area contributed by atoms with Crippen molar-refractivity contribution in [2.45, 2.75) is 6.54 Å². The molecule has 0 unspecified atom stereocenters. The molecule has 1 aliphatic heterocycles. The lowest BCUT2D eigenvalue weighted by molar-refractivity contribution is 0.710. The van der Waals surface area contributed by atoms with Crippen molar-refractivity contribution in [1.82, 2.24) is 5.32 Å². The minimum Gasteiger partial charge on any atom is -0.399 e. The van der Waals surface area contributed by atoms with Gasteiger partial charge in [0.2, 0.25) is 0 Å². The molecule has 0 bridgehead atoms. The number of hydrogen-bond donors (Lipinski definition) is 3. The molecule has 0 spiro atoms. The second-order valence-corrected chi connectivity index (χ2v) is 2.70. The highest BCUT2D eigenvalue weighted by Crippen LogP contribution is 2.20. The van der Waals surface area contributed by atoms with Gasteiger partial charge >= 0.3 is 0 Å². The Morgan fingerprint density at radius 3 is 3.00 bits per heavy atom. The summed E-state index contributed by atoms with van der Waals surface area (Å²) in [7, 11) is 0. The van der Waals surface area contributed by atoms with Gasteiger partial charge in [0.05, 0.1) is 6.67 Å². The third-order valence-corrected chi connectivity index (χ3v) is 1.85. The normalized spacial score (nSPS) is 14.0. The minimum absolute atomic E-state index is 0. The topological polar surface area (TPSA) is 50.1 Å². The predicted molar refractivity (Wildman–Crippen MR) is 53.4 cm³/mol. The molecule has 4 N–H and O–H groups in total. The molecule has 0 aromatic heterocycles. The average Bonchev–Trinajstić information content (AvgIpc) is 2.04. The molecule has 0 saturated heterocycles. The van der Waals surface area contributed by atoms with E-state index in [0.717, 1.165) is 18.9 Å². The van der Waals surface area contributed by atoms with Gasteiger partial charge in [0.1, 0.15) is 0 Å². The summed E-state index contributed by atoms with van der Waals surface area (Å²) in [4.78, 5) is 0. The molecule has 0 aliphatic carbocycles. The highest BCUT2D eigenvalue weighted by atomic mass is 35.5. The Balaban J connectivity index is 0.000000720. The molecule has 0 amide bonds. The Labute approximate surface area is 77.7 Å². The van der Waals surface area contributed by atoms with Gasteiger partial charge in [-0.2, -0.15) is 0 Å². The van der Waals surface area contributed by atoms with E-state index in [2.05, 4.69) is 10.6 Å². The smallest absolute Gasteiger partial charge is 0.0655 e. The molecule has 1 aliphatic rings. The van der Waals surface area contributed by atoms with Crippen molar-refractivity contribution in [3.63, 3.8) is 0 Å². The second kappa shape index (κ2) is 3.65. The number of nitrogen functional groups attached to an aromatic ring is 1. The molecule has 0 saturated carbocycles. The lowest BCUT2D eigenvalue weighted by Gasteiger charge is -2.18. The van der Waals surface area contributed by atoms with E-state index < -0.39 is 0 Å². The molecule has 2 rings (SSSR count). The highest BCUT2D eigenvalue weighted by Gasteiger charge is 2.05. The molecule has 1 aromatic carbocycles. The quantitative estimate of drug-likeness (QED) is 0.532. The van der Waals surface area contributed by atoms with E-state index in [1.807, 2.05) is 18.2 Å². The molecule has 4 heteroatoms. The highest BCUT2D eigenvalue weighted by molar-refractivity contribution is 5.85. The summed E-state index contributed by atoms with van der Waals surface area (Å²) in [5, 5.41) is 6.42. The van der Waals surface area contributed by atoms with Gasteiger partial charge in [0.15, 0.2) is 0 Å². The zero-order chi connectivity index (χ0) is 7.68. The van der Waals surface area contributed by atoms with Crippen molar-refractivity contribution in [3.05, 3.63) is 23.8 Å². The summed E-state index contributed by atoms with van der Waals surface area (Å²) in [6.07, 6.45) is 0. The van der Waals surface area contributed by atoms with Crippen LogP contribution >= 0.6 is 12.4 Å². The van der Waals surface area contributed by atoms with E-state index in [-0.39, 0.29) is 12.4 Å². The molecular formula is C8H12ClN3. The predicted octanol–water partition coefficient (Wildman–Crippen LogP) is 1.16. The van der Waals surface area contributed by atoms with Crippen LogP contribution < -0.4 is 16.4 Å². The summed E-state index contributed by atoms with van der Waals surface area (Å²) in [5.41, 5.74) is 8.89. The zero-order valence-electron chi connectivity index (χ0n) is 6.63. The maximum absolute atomic E-state index is 5.63. The summed E-state index contributed by atoms with van der Waals surface area (Å²) >= 11 is 0. The Kier molecular flexibility index (Phi) is 2.78. The van der Waals surface area contributed by atoms with Crippen LogP contribution in [0.2, 0.25) is 0 Å². The Bertz CT molecular complexity index is 275. The summed E-state index contributed by atoms with van der Waals surface area (Å²) in [5.74, 6) is 0. The van der Waals surface area contributed by atoms with Gasteiger partial charge in [-0.25, -0.2) is 0 Å². The molecule has 1 aromatic rings. The average molecular weight is 186 g/mol. The third kappa shape index (κ3) is 1.62. The maximum Gasteiger partial charge on any atom is 0.0655 e. The van der Waals surface area contributed by atoms with Gasteiger partial charge in [-0.15, -0.1) is 12.4 Å². The van der Waals surface area contributed by atoms with Crippen LogP contribution in [0.4, 0.5) is 11.4 Å². The molecule has 0 fully saturated rings. The fourth-order valence-corrected chi connectivity index (χ4v) is 1.29. The third-order valence-electron chi connectivity index (χ3n) is 1.85. The van der Waals surface area contributed by atoms with Crippen molar-refractivity contribution < 1.29 is 0 Å². The van der Waals surface area contributed by atoms with Crippen LogP contribution in [0, 0.1) is 0 Å². The first-order chi connectivity index (χ1) is 5.36. The second-order valence-electron chi connectivity index (χ2n) is 2.70. The van der Waals surface area contributed by atoms with Crippen molar-refractivity contribution in [2.75, 3.05) is 17.7 Å².